The van der Waals surface area contributed by atoms with Gasteiger partial charge in [0.1, 0.15) is 11.2 Å². The highest BCUT2D eigenvalue weighted by Crippen LogP contribution is 2.33. The number of fused-ring (bicyclic) bond motifs is 3. The van der Waals surface area contributed by atoms with Gasteiger partial charge >= 0.3 is 0 Å². The van der Waals surface area contributed by atoms with Crippen LogP contribution in [0.15, 0.2) is 40.5 Å². The summed E-state index contributed by atoms with van der Waals surface area (Å²) in [5.74, 6) is 0. The van der Waals surface area contributed by atoms with E-state index in [0.29, 0.717) is 6.54 Å². The van der Waals surface area contributed by atoms with Crippen LogP contribution in [0.4, 0.5) is 5.69 Å². The first-order chi connectivity index (χ1) is 13.2. The van der Waals surface area contributed by atoms with E-state index in [0.717, 1.165) is 40.7 Å². The van der Waals surface area contributed by atoms with Crippen LogP contribution in [0.1, 0.15) is 28.8 Å². The van der Waals surface area contributed by atoms with Crippen LogP contribution in [-0.4, -0.2) is 41.2 Å². The molecule has 2 heterocycles. The van der Waals surface area contributed by atoms with Gasteiger partial charge in [-0.25, -0.2) is 4.98 Å². The fraction of sp³-hybridized carbons (Fsp3) is 0.350. The molecule has 6 nitrogen and oxygen atoms in total. The zero-order valence-corrected chi connectivity index (χ0v) is 16.1. The van der Waals surface area contributed by atoms with Crippen molar-refractivity contribution in [2.75, 3.05) is 25.1 Å². The van der Waals surface area contributed by atoms with Crippen molar-refractivity contribution in [1.82, 2.24) is 9.66 Å². The Kier molecular flexibility index (Phi) is 5.05. The molecule has 4 rings (SSSR count). The monoisotopic (exact) mass is 382 g/mol. The van der Waals surface area contributed by atoms with Gasteiger partial charge in [0.15, 0.2) is 0 Å². The lowest BCUT2D eigenvalue weighted by Gasteiger charge is -2.17. The van der Waals surface area contributed by atoms with Crippen molar-refractivity contribution in [2.24, 2.45) is 5.10 Å². The van der Waals surface area contributed by atoms with Crippen molar-refractivity contribution in [2.45, 2.75) is 25.7 Å². The molecule has 27 heavy (non-hydrogen) atoms. The Labute approximate surface area is 161 Å². The highest BCUT2D eigenvalue weighted by Gasteiger charge is 2.19. The third-order valence-electron chi connectivity index (χ3n) is 4.96. The van der Waals surface area contributed by atoms with Crippen LogP contribution in [0, 0.1) is 0 Å². The maximum atomic E-state index is 12.9. The lowest BCUT2D eigenvalue weighted by atomic mass is 9.97. The van der Waals surface area contributed by atoms with Gasteiger partial charge in [0.05, 0.1) is 18.2 Å². The number of anilines is 1. The number of benzene rings is 1. The quantitative estimate of drug-likeness (QED) is 0.689. The van der Waals surface area contributed by atoms with E-state index in [1.165, 1.54) is 27.9 Å². The van der Waals surface area contributed by atoms with E-state index in [1.54, 1.807) is 17.6 Å². The van der Waals surface area contributed by atoms with E-state index in [9.17, 15) is 4.79 Å². The minimum atomic E-state index is -0.0880. The van der Waals surface area contributed by atoms with Gasteiger partial charge in [0, 0.05) is 24.2 Å². The van der Waals surface area contributed by atoms with Crippen molar-refractivity contribution in [3.63, 3.8) is 0 Å². The fourth-order valence-corrected chi connectivity index (χ4v) is 4.66. The fourth-order valence-electron chi connectivity index (χ4n) is 3.44. The van der Waals surface area contributed by atoms with E-state index in [1.807, 2.05) is 36.2 Å². The summed E-state index contributed by atoms with van der Waals surface area (Å²) < 4.78 is 1.33. The number of aromatic nitrogens is 2. The first-order valence-corrected chi connectivity index (χ1v) is 9.97. The summed E-state index contributed by atoms with van der Waals surface area (Å²) in [7, 11) is 1.93. The first kappa shape index (κ1) is 17.9. The molecule has 0 saturated heterocycles. The molecule has 0 amide bonds. The van der Waals surface area contributed by atoms with Crippen LogP contribution < -0.4 is 10.5 Å². The molecule has 7 heteroatoms. The highest BCUT2D eigenvalue weighted by atomic mass is 32.1. The minimum Gasteiger partial charge on any atom is -0.395 e. The molecule has 0 atom stereocenters. The number of hydrogen-bond donors (Lipinski definition) is 1. The van der Waals surface area contributed by atoms with Gasteiger partial charge in [0.2, 0.25) is 0 Å². The molecule has 0 fully saturated rings. The molecular formula is C20H22N4O2S. The Morgan fingerprint density at radius 1 is 1.30 bits per heavy atom. The van der Waals surface area contributed by atoms with Gasteiger partial charge in [-0.3, -0.25) is 4.79 Å². The first-order valence-electron chi connectivity index (χ1n) is 9.15. The smallest absolute Gasteiger partial charge is 0.282 e. The molecule has 1 N–H and O–H groups in total. The number of likely N-dealkylation sites (N-methyl/N-ethyl adjacent to an activating group) is 1. The molecule has 0 unspecified atom stereocenters. The molecule has 0 aliphatic heterocycles. The topological polar surface area (TPSA) is 70.7 Å². The number of hydrogen-bond acceptors (Lipinski definition) is 6. The lowest BCUT2D eigenvalue weighted by Crippen LogP contribution is -2.20. The molecule has 140 valence electrons. The zero-order chi connectivity index (χ0) is 18.8. The number of thiophene rings is 1. The minimum absolute atomic E-state index is 0.0880. The van der Waals surface area contributed by atoms with E-state index in [2.05, 4.69) is 10.1 Å². The summed E-state index contributed by atoms with van der Waals surface area (Å²) in [6.45, 7) is 0.698. The van der Waals surface area contributed by atoms with Gasteiger partial charge < -0.3 is 10.0 Å². The van der Waals surface area contributed by atoms with Crippen LogP contribution in [-0.2, 0) is 12.8 Å². The average Bonchev–Trinajstić information content (AvgIpc) is 3.07. The lowest BCUT2D eigenvalue weighted by molar-refractivity contribution is 0.304. The van der Waals surface area contributed by atoms with Crippen LogP contribution in [0.25, 0.3) is 10.2 Å². The van der Waals surface area contributed by atoms with Crippen LogP contribution >= 0.6 is 11.3 Å². The molecule has 0 radical (unpaired) electrons. The van der Waals surface area contributed by atoms with Crippen molar-refractivity contribution < 1.29 is 5.11 Å². The maximum Gasteiger partial charge on any atom is 0.282 e. The molecular weight excluding hydrogens is 360 g/mol. The molecule has 1 aromatic carbocycles. The van der Waals surface area contributed by atoms with Crippen molar-refractivity contribution in [3.05, 3.63) is 57.0 Å². The Morgan fingerprint density at radius 3 is 2.85 bits per heavy atom. The number of nitrogens with zero attached hydrogens (tertiary/aromatic N) is 4. The molecule has 0 bridgehead atoms. The zero-order valence-electron chi connectivity index (χ0n) is 15.3. The summed E-state index contributed by atoms with van der Waals surface area (Å²) in [5.41, 5.74) is 3.01. The van der Waals surface area contributed by atoms with Crippen molar-refractivity contribution >= 4 is 33.5 Å². The second kappa shape index (κ2) is 7.62. The van der Waals surface area contributed by atoms with E-state index >= 15 is 0 Å². The SMILES string of the molecule is CN(CCO)c1ccc(/C=N/n2cnc3sc4c(c3c2=O)CCCC4)cc1. The standard InChI is InChI=1S/C20H22N4O2S/c1-23(10-11-25)15-8-6-14(7-9-15)12-22-24-13-21-19-18(20(24)26)16-4-2-3-5-17(16)27-19/h6-9,12-13,25H,2-5,10-11H2,1H3/b22-12+. The molecule has 1 aliphatic carbocycles. The molecule has 0 spiro atoms. The predicted molar refractivity (Wildman–Crippen MR) is 110 cm³/mol. The van der Waals surface area contributed by atoms with Crippen LogP contribution in [0.2, 0.25) is 0 Å². The van der Waals surface area contributed by atoms with Gasteiger partial charge in [-0.2, -0.15) is 9.78 Å². The van der Waals surface area contributed by atoms with E-state index in [4.69, 9.17) is 5.11 Å². The number of aliphatic hydroxyl groups is 1. The maximum absolute atomic E-state index is 12.9. The van der Waals surface area contributed by atoms with Gasteiger partial charge in [-0.05, 0) is 48.9 Å². The second-order valence-corrected chi connectivity index (χ2v) is 7.85. The molecule has 1 aliphatic rings. The summed E-state index contributed by atoms with van der Waals surface area (Å²) in [4.78, 5) is 21.5. The number of aryl methyl sites for hydroxylation is 2. The summed E-state index contributed by atoms with van der Waals surface area (Å²) in [6.07, 6.45) is 7.51. The van der Waals surface area contributed by atoms with Crippen molar-refractivity contribution in [3.8, 4) is 0 Å². The normalized spacial score (nSPS) is 14.0. The number of rotatable bonds is 5. The second-order valence-electron chi connectivity index (χ2n) is 6.77. The third kappa shape index (κ3) is 3.52. The average molecular weight is 382 g/mol. The van der Waals surface area contributed by atoms with Gasteiger partial charge in [-0.15, -0.1) is 11.3 Å². The van der Waals surface area contributed by atoms with E-state index < -0.39 is 0 Å². The predicted octanol–water partition coefficient (Wildman–Crippen LogP) is 2.65. The largest absolute Gasteiger partial charge is 0.395 e. The van der Waals surface area contributed by atoms with Crippen LogP contribution in [0.3, 0.4) is 0 Å². The number of aliphatic hydroxyl groups excluding tert-OH is 1. The summed E-state index contributed by atoms with van der Waals surface area (Å²) in [6, 6.07) is 7.82. The van der Waals surface area contributed by atoms with Crippen molar-refractivity contribution in [1.29, 1.82) is 0 Å². The molecule has 2 aromatic heterocycles. The summed E-state index contributed by atoms with van der Waals surface area (Å²) >= 11 is 1.65. The third-order valence-corrected chi connectivity index (χ3v) is 6.16. The van der Waals surface area contributed by atoms with Gasteiger partial charge in [-0.1, -0.05) is 12.1 Å². The highest BCUT2D eigenvalue weighted by molar-refractivity contribution is 7.18. The summed E-state index contributed by atoms with van der Waals surface area (Å²) in [5, 5.41) is 14.1. The molecule has 3 aromatic rings. The Balaban J connectivity index is 1.61. The van der Waals surface area contributed by atoms with E-state index in [-0.39, 0.29) is 12.2 Å². The Hall–Kier alpha value is -2.51. The van der Waals surface area contributed by atoms with Gasteiger partial charge in [0.25, 0.3) is 5.56 Å². The molecule has 0 saturated carbocycles. The Morgan fingerprint density at radius 2 is 2.07 bits per heavy atom. The van der Waals surface area contributed by atoms with Crippen LogP contribution in [0.5, 0.6) is 0 Å². The Bertz CT molecular complexity index is 1040.